The molecule has 0 bridgehead atoms. The van der Waals surface area contributed by atoms with Crippen molar-refractivity contribution in [2.45, 2.75) is 84.7 Å². The lowest BCUT2D eigenvalue weighted by Crippen LogP contribution is -2.52. The molecule has 8 heteroatoms. The molecule has 2 atom stereocenters. The highest BCUT2D eigenvalue weighted by Crippen LogP contribution is 2.35. The van der Waals surface area contributed by atoms with Gasteiger partial charge in [0.1, 0.15) is 5.82 Å². The summed E-state index contributed by atoms with van der Waals surface area (Å²) in [5, 5.41) is 0. The first-order valence-corrected chi connectivity index (χ1v) is 12.0. The summed E-state index contributed by atoms with van der Waals surface area (Å²) in [4.78, 5) is 44.8. The Bertz CT molecular complexity index is 873. The van der Waals surface area contributed by atoms with Gasteiger partial charge in [0.25, 0.3) is 5.56 Å². The molecular formula is C23H39N5O3. The topological polar surface area (TPSA) is 104 Å². The Kier molecular flexibility index (Phi) is 7.97. The highest BCUT2D eigenvalue weighted by molar-refractivity contribution is 5.96. The molecule has 0 radical (unpaired) electrons. The molecule has 1 aliphatic carbocycles. The van der Waals surface area contributed by atoms with Crippen molar-refractivity contribution in [3.05, 3.63) is 20.8 Å². The zero-order valence-electron chi connectivity index (χ0n) is 19.4. The van der Waals surface area contributed by atoms with Crippen molar-refractivity contribution < 1.29 is 4.79 Å². The van der Waals surface area contributed by atoms with E-state index in [9.17, 15) is 14.4 Å². The van der Waals surface area contributed by atoms with Gasteiger partial charge < -0.3 is 10.6 Å². The van der Waals surface area contributed by atoms with E-state index < -0.39 is 11.2 Å². The van der Waals surface area contributed by atoms with E-state index in [0.717, 1.165) is 32.2 Å². The third kappa shape index (κ3) is 5.40. The highest BCUT2D eigenvalue weighted by atomic mass is 16.2. The van der Waals surface area contributed by atoms with E-state index in [4.69, 9.17) is 5.73 Å². The third-order valence-electron chi connectivity index (χ3n) is 6.76. The van der Waals surface area contributed by atoms with Gasteiger partial charge in [-0.15, -0.1) is 0 Å². The van der Waals surface area contributed by atoms with Crippen LogP contribution in [0.4, 0.5) is 11.5 Å². The average molecular weight is 434 g/mol. The summed E-state index contributed by atoms with van der Waals surface area (Å²) in [5.41, 5.74) is 5.33. The Morgan fingerprint density at radius 1 is 1.19 bits per heavy atom. The number of nitrogens with one attached hydrogen (secondary N) is 1. The normalized spacial score (nSPS) is 21.8. The predicted molar refractivity (Wildman–Crippen MR) is 124 cm³/mol. The molecule has 0 unspecified atom stereocenters. The van der Waals surface area contributed by atoms with Gasteiger partial charge in [-0.05, 0) is 50.5 Å². The minimum atomic E-state index is -0.582. The van der Waals surface area contributed by atoms with Crippen LogP contribution in [0.5, 0.6) is 0 Å². The number of hydrogen-bond donors (Lipinski definition) is 2. The molecule has 1 amide bonds. The standard InChI is InChI=1S/C23H39N5O3/c1-4-5-13-27(20-21(24)28(14-16(2)3)23(31)25-22(20)30)19(29)15-26-12-8-10-17-9-6-7-11-18(17)26/h16-18H,4-15,24H2,1-3H3,(H,25,30,31)/t17-,18+/m1/s1. The number of amides is 1. The van der Waals surface area contributed by atoms with E-state index in [-0.39, 0.29) is 23.3 Å². The molecular weight excluding hydrogens is 394 g/mol. The Hall–Kier alpha value is -2.09. The number of nitrogens with two attached hydrogens (primary N) is 1. The van der Waals surface area contributed by atoms with Gasteiger partial charge in [-0.2, -0.15) is 0 Å². The maximum atomic E-state index is 13.5. The van der Waals surface area contributed by atoms with Gasteiger partial charge in [0, 0.05) is 19.1 Å². The van der Waals surface area contributed by atoms with Crippen molar-refractivity contribution in [1.29, 1.82) is 0 Å². The van der Waals surface area contributed by atoms with Crippen molar-refractivity contribution in [2.75, 3.05) is 30.3 Å². The molecule has 8 nitrogen and oxygen atoms in total. The van der Waals surface area contributed by atoms with Gasteiger partial charge in [-0.1, -0.05) is 40.0 Å². The van der Waals surface area contributed by atoms with Gasteiger partial charge in [-0.25, -0.2) is 4.79 Å². The summed E-state index contributed by atoms with van der Waals surface area (Å²) in [7, 11) is 0. The molecule has 174 valence electrons. The number of aromatic amines is 1. The maximum absolute atomic E-state index is 13.5. The van der Waals surface area contributed by atoms with Gasteiger partial charge >= 0.3 is 5.69 Å². The second-order valence-corrected chi connectivity index (χ2v) is 9.62. The summed E-state index contributed by atoms with van der Waals surface area (Å²) in [5.74, 6) is 0.837. The second kappa shape index (κ2) is 10.5. The average Bonchev–Trinajstić information content (AvgIpc) is 2.73. The van der Waals surface area contributed by atoms with Gasteiger partial charge in [-0.3, -0.25) is 24.0 Å². The molecule has 1 aliphatic heterocycles. The van der Waals surface area contributed by atoms with Crippen molar-refractivity contribution in [3.8, 4) is 0 Å². The minimum Gasteiger partial charge on any atom is -0.383 e. The van der Waals surface area contributed by atoms with Crippen LogP contribution in [0.25, 0.3) is 0 Å². The van der Waals surface area contributed by atoms with Crippen molar-refractivity contribution in [1.82, 2.24) is 14.5 Å². The first kappa shape index (κ1) is 23.6. The van der Waals surface area contributed by atoms with Gasteiger partial charge in [0.2, 0.25) is 5.91 Å². The molecule has 1 saturated heterocycles. The predicted octanol–water partition coefficient (Wildman–Crippen LogP) is 2.56. The number of aromatic nitrogens is 2. The quantitative estimate of drug-likeness (QED) is 0.656. The van der Waals surface area contributed by atoms with Crippen LogP contribution in [0.3, 0.4) is 0 Å². The molecule has 2 fully saturated rings. The molecule has 2 heterocycles. The highest BCUT2D eigenvalue weighted by Gasteiger charge is 2.35. The molecule has 0 spiro atoms. The van der Waals surface area contributed by atoms with Crippen LogP contribution in [0.1, 0.15) is 72.1 Å². The molecule has 2 aliphatic rings. The summed E-state index contributed by atoms with van der Waals surface area (Å²) < 4.78 is 1.38. The zero-order chi connectivity index (χ0) is 22.5. The monoisotopic (exact) mass is 433 g/mol. The first-order chi connectivity index (χ1) is 14.8. The fourth-order valence-corrected chi connectivity index (χ4v) is 5.25. The van der Waals surface area contributed by atoms with Crippen molar-refractivity contribution >= 4 is 17.4 Å². The largest absolute Gasteiger partial charge is 0.383 e. The third-order valence-corrected chi connectivity index (χ3v) is 6.76. The number of anilines is 2. The molecule has 1 saturated carbocycles. The van der Waals surface area contributed by atoms with E-state index in [0.29, 0.717) is 31.6 Å². The molecule has 0 aromatic carbocycles. The van der Waals surface area contributed by atoms with Crippen molar-refractivity contribution in [3.63, 3.8) is 0 Å². The van der Waals surface area contributed by atoms with E-state index in [1.165, 1.54) is 35.2 Å². The summed E-state index contributed by atoms with van der Waals surface area (Å²) >= 11 is 0. The zero-order valence-corrected chi connectivity index (χ0v) is 19.4. The number of fused-ring (bicyclic) bond motifs is 1. The number of unbranched alkanes of at least 4 members (excludes halogenated alkanes) is 1. The summed E-state index contributed by atoms with van der Waals surface area (Å²) in [6.07, 6.45) is 8.93. The summed E-state index contributed by atoms with van der Waals surface area (Å²) in [6.45, 7) is 8.04. The summed E-state index contributed by atoms with van der Waals surface area (Å²) in [6, 6.07) is 0.463. The lowest BCUT2D eigenvalue weighted by molar-refractivity contribution is -0.121. The van der Waals surface area contributed by atoms with E-state index in [1.54, 1.807) is 0 Å². The number of rotatable bonds is 8. The molecule has 3 N–H and O–H groups in total. The molecule has 1 aromatic heterocycles. The first-order valence-electron chi connectivity index (χ1n) is 12.0. The number of likely N-dealkylation sites (tertiary alicyclic amines) is 1. The number of hydrogen-bond acceptors (Lipinski definition) is 5. The Morgan fingerprint density at radius 2 is 1.90 bits per heavy atom. The lowest BCUT2D eigenvalue weighted by Gasteiger charge is -2.44. The molecule has 3 rings (SSSR count). The maximum Gasteiger partial charge on any atom is 0.330 e. The van der Waals surface area contributed by atoms with Gasteiger partial charge in [0.15, 0.2) is 5.69 Å². The Labute approximate surface area is 184 Å². The van der Waals surface area contributed by atoms with Crippen LogP contribution < -0.4 is 21.9 Å². The number of nitrogens with zero attached hydrogens (tertiary/aromatic N) is 3. The van der Waals surface area contributed by atoms with E-state index >= 15 is 0 Å². The number of piperidine rings is 1. The van der Waals surface area contributed by atoms with Crippen LogP contribution in [0.2, 0.25) is 0 Å². The number of H-pyrrole nitrogens is 1. The second-order valence-electron chi connectivity index (χ2n) is 9.62. The minimum absolute atomic E-state index is 0.0843. The fourth-order valence-electron chi connectivity index (χ4n) is 5.25. The Balaban J connectivity index is 1.90. The van der Waals surface area contributed by atoms with Crippen molar-refractivity contribution in [2.24, 2.45) is 11.8 Å². The molecule has 31 heavy (non-hydrogen) atoms. The van der Waals surface area contributed by atoms with Crippen LogP contribution in [0, 0.1) is 11.8 Å². The number of carbonyl (C=O) groups excluding carboxylic acids is 1. The SMILES string of the molecule is CCCCN(C(=O)CN1CCC[C@H]2CCCC[C@@H]21)c1c(N)n(CC(C)C)c(=O)[nH]c1=O. The van der Waals surface area contributed by atoms with Crippen LogP contribution >= 0.6 is 0 Å². The van der Waals surface area contributed by atoms with Crippen LogP contribution in [-0.4, -0.2) is 46.0 Å². The van der Waals surface area contributed by atoms with E-state index in [1.807, 2.05) is 20.8 Å². The molecule has 1 aromatic rings. The Morgan fingerprint density at radius 3 is 2.61 bits per heavy atom. The fraction of sp³-hybridized carbons (Fsp3) is 0.783. The lowest BCUT2D eigenvalue weighted by atomic mass is 9.78. The van der Waals surface area contributed by atoms with Crippen LogP contribution in [-0.2, 0) is 11.3 Å². The number of carbonyl (C=O) groups is 1. The number of nitrogen functional groups attached to an aromatic ring is 1. The smallest absolute Gasteiger partial charge is 0.330 e. The van der Waals surface area contributed by atoms with Crippen LogP contribution in [0.15, 0.2) is 9.59 Å². The van der Waals surface area contributed by atoms with Gasteiger partial charge in [0.05, 0.1) is 6.54 Å². The van der Waals surface area contributed by atoms with E-state index in [2.05, 4.69) is 9.88 Å².